The van der Waals surface area contributed by atoms with E-state index in [0.717, 1.165) is 17.9 Å². The number of esters is 1. The predicted molar refractivity (Wildman–Crippen MR) is 85.8 cm³/mol. The van der Waals surface area contributed by atoms with Crippen molar-refractivity contribution in [2.24, 2.45) is 5.41 Å². The lowest BCUT2D eigenvalue weighted by Crippen LogP contribution is -2.24. The number of aromatic amines is 1. The highest BCUT2D eigenvalue weighted by molar-refractivity contribution is 5.85. The van der Waals surface area contributed by atoms with E-state index >= 15 is 0 Å². The van der Waals surface area contributed by atoms with Crippen molar-refractivity contribution in [2.75, 3.05) is 20.3 Å². The third-order valence-electron chi connectivity index (χ3n) is 3.39. The van der Waals surface area contributed by atoms with Gasteiger partial charge in [0.15, 0.2) is 0 Å². The molecule has 0 fully saturated rings. The van der Waals surface area contributed by atoms with Gasteiger partial charge in [0.1, 0.15) is 11.5 Å². The highest BCUT2D eigenvalue weighted by atomic mass is 16.5. The SMILES string of the molecule is COc1ccc(OCCC(C)(C)COC(=O)c2ncc[nH]2)cc1. The fourth-order valence-electron chi connectivity index (χ4n) is 1.90. The van der Waals surface area contributed by atoms with E-state index < -0.39 is 5.97 Å². The third kappa shape index (κ3) is 5.32. The summed E-state index contributed by atoms with van der Waals surface area (Å²) in [5.74, 6) is 1.35. The van der Waals surface area contributed by atoms with Crippen molar-refractivity contribution in [3.63, 3.8) is 0 Å². The second kappa shape index (κ2) is 7.67. The first-order valence-corrected chi connectivity index (χ1v) is 7.43. The Labute approximate surface area is 135 Å². The van der Waals surface area contributed by atoms with Crippen LogP contribution in [0.1, 0.15) is 30.9 Å². The van der Waals surface area contributed by atoms with Gasteiger partial charge in [-0.15, -0.1) is 0 Å². The Morgan fingerprint density at radius 3 is 2.52 bits per heavy atom. The molecule has 0 atom stereocenters. The topological polar surface area (TPSA) is 73.4 Å². The first-order chi connectivity index (χ1) is 11.0. The molecule has 0 aliphatic rings. The molecule has 2 aromatic rings. The Bertz CT molecular complexity index is 606. The minimum Gasteiger partial charge on any atom is -0.497 e. The number of nitrogens with zero attached hydrogens (tertiary/aromatic N) is 1. The number of hydrogen-bond donors (Lipinski definition) is 1. The van der Waals surface area contributed by atoms with Gasteiger partial charge in [0.25, 0.3) is 0 Å². The van der Waals surface area contributed by atoms with E-state index in [4.69, 9.17) is 14.2 Å². The zero-order valence-corrected chi connectivity index (χ0v) is 13.7. The van der Waals surface area contributed by atoms with Crippen molar-refractivity contribution in [1.29, 1.82) is 0 Å². The second-order valence-corrected chi connectivity index (χ2v) is 5.95. The molecule has 0 radical (unpaired) electrons. The summed E-state index contributed by atoms with van der Waals surface area (Å²) >= 11 is 0. The zero-order chi connectivity index (χ0) is 16.7. The van der Waals surface area contributed by atoms with Crippen molar-refractivity contribution in [2.45, 2.75) is 20.3 Å². The van der Waals surface area contributed by atoms with Gasteiger partial charge in [-0.1, -0.05) is 13.8 Å². The van der Waals surface area contributed by atoms with Crippen LogP contribution in [-0.2, 0) is 4.74 Å². The molecule has 1 aromatic carbocycles. The van der Waals surface area contributed by atoms with Gasteiger partial charge in [0, 0.05) is 17.8 Å². The monoisotopic (exact) mass is 318 g/mol. The summed E-state index contributed by atoms with van der Waals surface area (Å²) in [5, 5.41) is 0. The normalized spacial score (nSPS) is 11.1. The van der Waals surface area contributed by atoms with Crippen LogP contribution in [0, 0.1) is 5.41 Å². The fourth-order valence-corrected chi connectivity index (χ4v) is 1.90. The summed E-state index contributed by atoms with van der Waals surface area (Å²) in [5.41, 5.74) is -0.186. The molecular formula is C17H22N2O4. The van der Waals surface area contributed by atoms with Crippen LogP contribution in [0.15, 0.2) is 36.7 Å². The van der Waals surface area contributed by atoms with Crippen LogP contribution in [-0.4, -0.2) is 36.3 Å². The molecule has 1 aromatic heterocycles. The highest BCUT2D eigenvalue weighted by Crippen LogP contribution is 2.23. The third-order valence-corrected chi connectivity index (χ3v) is 3.39. The molecule has 2 rings (SSSR count). The number of carbonyl (C=O) groups excluding carboxylic acids is 1. The summed E-state index contributed by atoms with van der Waals surface area (Å²) in [6.07, 6.45) is 3.86. The Kier molecular flexibility index (Phi) is 5.62. The maximum atomic E-state index is 11.7. The van der Waals surface area contributed by atoms with E-state index in [9.17, 15) is 4.79 Å². The lowest BCUT2D eigenvalue weighted by molar-refractivity contribution is 0.0291. The smallest absolute Gasteiger partial charge is 0.374 e. The minimum absolute atomic E-state index is 0.186. The Morgan fingerprint density at radius 2 is 1.91 bits per heavy atom. The number of nitrogens with one attached hydrogen (secondary N) is 1. The maximum Gasteiger partial charge on any atom is 0.374 e. The van der Waals surface area contributed by atoms with E-state index in [1.54, 1.807) is 13.3 Å². The average Bonchev–Trinajstić information content (AvgIpc) is 3.08. The Hall–Kier alpha value is -2.50. The summed E-state index contributed by atoms with van der Waals surface area (Å²) in [6.45, 7) is 4.90. The number of rotatable bonds is 8. The van der Waals surface area contributed by atoms with Crippen LogP contribution >= 0.6 is 0 Å². The number of hydrogen-bond acceptors (Lipinski definition) is 5. The lowest BCUT2D eigenvalue weighted by atomic mass is 9.91. The van der Waals surface area contributed by atoms with Crippen LogP contribution in [0.5, 0.6) is 11.5 Å². The number of aromatic nitrogens is 2. The Morgan fingerprint density at radius 1 is 1.22 bits per heavy atom. The van der Waals surface area contributed by atoms with Crippen LogP contribution in [0.25, 0.3) is 0 Å². The quantitative estimate of drug-likeness (QED) is 0.757. The van der Waals surface area contributed by atoms with Gasteiger partial charge in [-0.25, -0.2) is 9.78 Å². The predicted octanol–water partition coefficient (Wildman–Crippen LogP) is 3.07. The Balaban J connectivity index is 1.73. The molecule has 124 valence electrons. The fraction of sp³-hybridized carbons (Fsp3) is 0.412. The van der Waals surface area contributed by atoms with Gasteiger partial charge < -0.3 is 19.2 Å². The first kappa shape index (κ1) is 16.9. The molecular weight excluding hydrogens is 296 g/mol. The zero-order valence-electron chi connectivity index (χ0n) is 13.7. The number of ether oxygens (including phenoxy) is 3. The van der Waals surface area contributed by atoms with Crippen molar-refractivity contribution >= 4 is 5.97 Å². The lowest BCUT2D eigenvalue weighted by Gasteiger charge is -2.23. The van der Waals surface area contributed by atoms with E-state index in [1.165, 1.54) is 6.20 Å². The van der Waals surface area contributed by atoms with Crippen molar-refractivity contribution in [1.82, 2.24) is 9.97 Å². The molecule has 1 heterocycles. The van der Waals surface area contributed by atoms with Gasteiger partial charge in [-0.2, -0.15) is 0 Å². The van der Waals surface area contributed by atoms with Crippen molar-refractivity contribution in [3.05, 3.63) is 42.5 Å². The van der Waals surface area contributed by atoms with Crippen LogP contribution in [0.2, 0.25) is 0 Å². The molecule has 0 saturated carbocycles. The number of methoxy groups -OCH3 is 1. The van der Waals surface area contributed by atoms with Crippen molar-refractivity contribution < 1.29 is 19.0 Å². The van der Waals surface area contributed by atoms with Crippen LogP contribution < -0.4 is 9.47 Å². The second-order valence-electron chi connectivity index (χ2n) is 5.95. The minimum atomic E-state index is -0.445. The maximum absolute atomic E-state index is 11.7. The molecule has 1 N–H and O–H groups in total. The van der Waals surface area contributed by atoms with Gasteiger partial charge in [-0.05, 0) is 30.7 Å². The summed E-state index contributed by atoms with van der Waals surface area (Å²) in [4.78, 5) is 18.3. The number of imidazole rings is 1. The largest absolute Gasteiger partial charge is 0.497 e. The van der Waals surface area contributed by atoms with Gasteiger partial charge in [0.05, 0.1) is 20.3 Å². The molecule has 0 amide bonds. The van der Waals surface area contributed by atoms with E-state index in [1.807, 2.05) is 38.1 Å². The van der Waals surface area contributed by atoms with Crippen molar-refractivity contribution in [3.8, 4) is 11.5 Å². The van der Waals surface area contributed by atoms with Crippen LogP contribution in [0.4, 0.5) is 0 Å². The van der Waals surface area contributed by atoms with E-state index in [0.29, 0.717) is 13.2 Å². The standard InChI is InChI=1S/C17H22N2O4/c1-17(2,12-23-16(20)15-18-9-10-19-15)8-11-22-14-6-4-13(21-3)5-7-14/h4-7,9-10H,8,11-12H2,1-3H3,(H,18,19). The molecule has 0 aliphatic carbocycles. The van der Waals surface area contributed by atoms with E-state index in [-0.39, 0.29) is 11.2 Å². The number of carbonyl (C=O) groups is 1. The molecule has 0 saturated heterocycles. The molecule has 0 bridgehead atoms. The summed E-state index contributed by atoms with van der Waals surface area (Å²) < 4.78 is 16.1. The van der Waals surface area contributed by atoms with E-state index in [2.05, 4.69) is 9.97 Å². The molecule has 0 spiro atoms. The molecule has 6 nitrogen and oxygen atoms in total. The highest BCUT2D eigenvalue weighted by Gasteiger charge is 2.21. The van der Waals surface area contributed by atoms with Gasteiger partial charge >= 0.3 is 5.97 Å². The number of H-pyrrole nitrogens is 1. The summed E-state index contributed by atoms with van der Waals surface area (Å²) in [6, 6.07) is 7.43. The summed E-state index contributed by atoms with van der Waals surface area (Å²) in [7, 11) is 1.63. The first-order valence-electron chi connectivity index (χ1n) is 7.43. The number of benzene rings is 1. The molecule has 23 heavy (non-hydrogen) atoms. The average molecular weight is 318 g/mol. The molecule has 0 aliphatic heterocycles. The molecule has 0 unspecified atom stereocenters. The molecule has 6 heteroatoms. The van der Waals surface area contributed by atoms with Gasteiger partial charge in [-0.3, -0.25) is 0 Å². The van der Waals surface area contributed by atoms with Gasteiger partial charge in [0.2, 0.25) is 5.82 Å². The van der Waals surface area contributed by atoms with Crippen LogP contribution in [0.3, 0.4) is 0 Å².